The number of rotatable bonds is 3. The molecule has 0 aliphatic carbocycles. The molecule has 1 aliphatic heterocycles. The zero-order chi connectivity index (χ0) is 12.1. The Bertz CT molecular complexity index is 270. The molecule has 0 N–H and O–H groups in total. The maximum atomic E-state index is 11.7. The Labute approximate surface area is 99.5 Å². The van der Waals surface area contributed by atoms with E-state index in [1.54, 1.807) is 0 Å². The summed E-state index contributed by atoms with van der Waals surface area (Å²) in [5.74, 6) is 0.961. The van der Waals surface area contributed by atoms with Gasteiger partial charge in [0, 0.05) is 5.75 Å². The molecule has 1 rings (SSSR count). The Kier molecular flexibility index (Phi) is 4.92. The van der Waals surface area contributed by atoms with Gasteiger partial charge in [0.05, 0.1) is 19.6 Å². The molecule has 0 radical (unpaired) electrons. The third kappa shape index (κ3) is 3.30. The zero-order valence-electron chi connectivity index (χ0n) is 9.76. The average molecular weight is 247 g/mol. The topological polar surface area (TPSA) is 55.8 Å². The smallest absolute Gasteiger partial charge is 0.411 e. The van der Waals surface area contributed by atoms with Crippen LogP contribution in [0.4, 0.5) is 4.79 Å². The Balaban J connectivity index is 2.51. The molecule has 0 aromatic heterocycles. The van der Waals surface area contributed by atoms with Gasteiger partial charge >= 0.3 is 12.1 Å². The van der Waals surface area contributed by atoms with Crippen molar-refractivity contribution in [2.45, 2.75) is 19.9 Å². The van der Waals surface area contributed by atoms with Crippen molar-refractivity contribution in [3.8, 4) is 0 Å². The molecule has 6 heteroatoms. The fraction of sp³-hybridized carbons (Fsp3) is 0.800. The molecule has 0 saturated carbocycles. The van der Waals surface area contributed by atoms with Crippen molar-refractivity contribution in [3.63, 3.8) is 0 Å². The normalized spacial score (nSPS) is 20.0. The first-order valence-corrected chi connectivity index (χ1v) is 6.30. The maximum absolute atomic E-state index is 11.7. The minimum Gasteiger partial charge on any atom is -0.467 e. The van der Waals surface area contributed by atoms with Crippen molar-refractivity contribution >= 4 is 23.8 Å². The van der Waals surface area contributed by atoms with Gasteiger partial charge in [-0.15, -0.1) is 11.8 Å². The predicted molar refractivity (Wildman–Crippen MR) is 61.2 cm³/mol. The highest BCUT2D eigenvalue weighted by molar-refractivity contribution is 7.99. The van der Waals surface area contributed by atoms with Gasteiger partial charge in [-0.3, -0.25) is 4.90 Å². The first kappa shape index (κ1) is 13.2. The number of carbonyl (C=O) groups excluding carboxylic acids is 2. The van der Waals surface area contributed by atoms with Crippen LogP contribution in [0.3, 0.4) is 0 Å². The Hall–Kier alpha value is -0.910. The zero-order valence-corrected chi connectivity index (χ0v) is 10.6. The fourth-order valence-corrected chi connectivity index (χ4v) is 2.40. The largest absolute Gasteiger partial charge is 0.467 e. The summed E-state index contributed by atoms with van der Waals surface area (Å²) < 4.78 is 9.72. The molecule has 0 aromatic carbocycles. The van der Waals surface area contributed by atoms with E-state index in [0.29, 0.717) is 18.2 Å². The number of methoxy groups -OCH3 is 1. The van der Waals surface area contributed by atoms with E-state index in [2.05, 4.69) is 4.74 Å². The fourth-order valence-electron chi connectivity index (χ4n) is 1.27. The van der Waals surface area contributed by atoms with E-state index >= 15 is 0 Å². The molecule has 1 aliphatic rings. The number of nitrogens with zero attached hydrogens (tertiary/aromatic N) is 1. The van der Waals surface area contributed by atoms with Crippen LogP contribution in [0.1, 0.15) is 13.8 Å². The van der Waals surface area contributed by atoms with E-state index in [0.717, 1.165) is 0 Å². The highest BCUT2D eigenvalue weighted by atomic mass is 32.2. The molecule has 1 fully saturated rings. The third-order valence-electron chi connectivity index (χ3n) is 2.13. The van der Waals surface area contributed by atoms with E-state index < -0.39 is 12.1 Å². The van der Waals surface area contributed by atoms with E-state index in [-0.39, 0.29) is 11.9 Å². The van der Waals surface area contributed by atoms with Crippen molar-refractivity contribution < 1.29 is 19.1 Å². The molecule has 1 saturated heterocycles. The highest BCUT2D eigenvalue weighted by Crippen LogP contribution is 2.22. The second-order valence-corrected chi connectivity index (χ2v) is 4.98. The molecule has 1 unspecified atom stereocenters. The Morgan fingerprint density at radius 3 is 2.75 bits per heavy atom. The summed E-state index contributed by atoms with van der Waals surface area (Å²) in [6.07, 6.45) is -0.436. The quantitative estimate of drug-likeness (QED) is 0.704. The first-order valence-electron chi connectivity index (χ1n) is 5.15. The van der Waals surface area contributed by atoms with Crippen LogP contribution in [0.15, 0.2) is 0 Å². The van der Waals surface area contributed by atoms with E-state index in [1.165, 1.54) is 23.8 Å². The number of amides is 1. The lowest BCUT2D eigenvalue weighted by Gasteiger charge is -2.21. The first-order chi connectivity index (χ1) is 7.56. The second kappa shape index (κ2) is 5.98. The number of thioether (sulfide) groups is 1. The summed E-state index contributed by atoms with van der Waals surface area (Å²) >= 11 is 1.52. The van der Waals surface area contributed by atoms with E-state index in [9.17, 15) is 9.59 Å². The van der Waals surface area contributed by atoms with Gasteiger partial charge in [0.1, 0.15) is 6.04 Å². The lowest BCUT2D eigenvalue weighted by molar-refractivity contribution is -0.144. The van der Waals surface area contributed by atoms with Crippen LogP contribution in [0.25, 0.3) is 0 Å². The second-order valence-electron chi connectivity index (χ2n) is 3.98. The minimum atomic E-state index is -0.505. The van der Waals surface area contributed by atoms with Gasteiger partial charge in [0.25, 0.3) is 0 Å². The van der Waals surface area contributed by atoms with Gasteiger partial charge in [-0.1, -0.05) is 13.8 Å². The van der Waals surface area contributed by atoms with Gasteiger partial charge in [0.15, 0.2) is 0 Å². The molecule has 0 bridgehead atoms. The van der Waals surface area contributed by atoms with Crippen molar-refractivity contribution in [2.75, 3.05) is 25.3 Å². The van der Waals surface area contributed by atoms with Gasteiger partial charge in [0.2, 0.25) is 0 Å². The highest BCUT2D eigenvalue weighted by Gasteiger charge is 2.36. The van der Waals surface area contributed by atoms with Crippen LogP contribution in [-0.4, -0.2) is 48.4 Å². The monoisotopic (exact) mass is 247 g/mol. The molecule has 1 amide bonds. The van der Waals surface area contributed by atoms with Gasteiger partial charge < -0.3 is 9.47 Å². The number of hydrogen-bond acceptors (Lipinski definition) is 5. The summed E-state index contributed by atoms with van der Waals surface area (Å²) in [5.41, 5.74) is 0. The standard InChI is InChI=1S/C10H17NO4S/c1-7(2)4-15-10(13)11-6-16-5-8(11)9(12)14-3/h7-8H,4-6H2,1-3H3. The number of ether oxygens (including phenoxy) is 2. The van der Waals surface area contributed by atoms with Crippen molar-refractivity contribution in [1.82, 2.24) is 4.90 Å². The molecule has 92 valence electrons. The summed E-state index contributed by atoms with van der Waals surface area (Å²) in [7, 11) is 1.32. The van der Waals surface area contributed by atoms with Crippen molar-refractivity contribution in [1.29, 1.82) is 0 Å². The van der Waals surface area contributed by atoms with E-state index in [4.69, 9.17) is 4.74 Å². The summed E-state index contributed by atoms with van der Waals surface area (Å²) in [4.78, 5) is 24.5. The molecule has 5 nitrogen and oxygen atoms in total. The summed E-state index contributed by atoms with van der Waals surface area (Å²) in [5, 5.41) is 0. The minimum absolute atomic E-state index is 0.288. The van der Waals surface area contributed by atoms with Crippen LogP contribution in [0.2, 0.25) is 0 Å². The summed E-state index contributed by atoms with van der Waals surface area (Å²) in [6, 6.07) is -0.505. The average Bonchev–Trinajstić information content (AvgIpc) is 2.73. The third-order valence-corrected chi connectivity index (χ3v) is 3.14. The Morgan fingerprint density at radius 1 is 1.50 bits per heavy atom. The van der Waals surface area contributed by atoms with Crippen LogP contribution in [0.5, 0.6) is 0 Å². The molecule has 16 heavy (non-hydrogen) atoms. The molecule has 1 heterocycles. The predicted octanol–water partition coefficient (Wildman–Crippen LogP) is 1.33. The number of carbonyl (C=O) groups is 2. The van der Waals surface area contributed by atoms with Crippen molar-refractivity contribution in [2.24, 2.45) is 5.92 Å². The van der Waals surface area contributed by atoms with E-state index in [1.807, 2.05) is 13.8 Å². The molecule has 0 spiro atoms. The molecular weight excluding hydrogens is 230 g/mol. The van der Waals surface area contributed by atoms with Crippen LogP contribution in [-0.2, 0) is 14.3 Å². The van der Waals surface area contributed by atoms with Crippen LogP contribution < -0.4 is 0 Å². The number of esters is 1. The van der Waals surface area contributed by atoms with Gasteiger partial charge in [-0.05, 0) is 5.92 Å². The van der Waals surface area contributed by atoms with Crippen LogP contribution >= 0.6 is 11.8 Å². The molecule has 0 aromatic rings. The number of hydrogen-bond donors (Lipinski definition) is 0. The van der Waals surface area contributed by atoms with Crippen molar-refractivity contribution in [3.05, 3.63) is 0 Å². The van der Waals surface area contributed by atoms with Gasteiger partial charge in [-0.2, -0.15) is 0 Å². The SMILES string of the molecule is COC(=O)C1CSCN1C(=O)OCC(C)C. The lowest BCUT2D eigenvalue weighted by atomic mass is 10.2. The van der Waals surface area contributed by atoms with Crippen LogP contribution in [0, 0.1) is 5.92 Å². The maximum Gasteiger partial charge on any atom is 0.411 e. The molecule has 1 atom stereocenters. The molecular formula is C10H17NO4S. The lowest BCUT2D eigenvalue weighted by Crippen LogP contribution is -2.43. The summed E-state index contributed by atoms with van der Waals surface area (Å²) in [6.45, 7) is 4.29. The Morgan fingerprint density at radius 2 is 2.19 bits per heavy atom. The van der Waals surface area contributed by atoms with Gasteiger partial charge in [-0.25, -0.2) is 9.59 Å².